The number of aryl methyl sites for hydroxylation is 1. The molecule has 0 saturated heterocycles. The van der Waals surface area contributed by atoms with Gasteiger partial charge >= 0.3 is 0 Å². The van der Waals surface area contributed by atoms with Crippen LogP contribution in [-0.2, 0) is 14.8 Å². The van der Waals surface area contributed by atoms with Gasteiger partial charge in [0.1, 0.15) is 5.75 Å². The number of nitrogens with one attached hydrogen (secondary N) is 2. The minimum atomic E-state index is -3.50. The molecule has 7 heteroatoms. The molecule has 1 aromatic carbocycles. The molecule has 0 aliphatic heterocycles. The van der Waals surface area contributed by atoms with E-state index in [9.17, 15) is 13.2 Å². The van der Waals surface area contributed by atoms with Gasteiger partial charge in [0.05, 0.1) is 4.90 Å². The molecule has 2 N–H and O–H groups in total. The summed E-state index contributed by atoms with van der Waals surface area (Å²) in [5.74, 6) is 0.851. The lowest BCUT2D eigenvalue weighted by molar-refractivity contribution is -0.123. The molecule has 1 aromatic rings. The second-order valence-corrected chi connectivity index (χ2v) is 7.91. The molecule has 136 valence electrons. The van der Waals surface area contributed by atoms with Crippen molar-refractivity contribution >= 4 is 15.9 Å². The molecule has 1 rings (SSSR count). The summed E-state index contributed by atoms with van der Waals surface area (Å²) < 4.78 is 32.2. The Kier molecular flexibility index (Phi) is 8.21. The van der Waals surface area contributed by atoms with E-state index in [0.717, 1.165) is 12.8 Å². The van der Waals surface area contributed by atoms with Crippen LogP contribution in [0.15, 0.2) is 23.1 Å². The summed E-state index contributed by atoms with van der Waals surface area (Å²) in [6, 6.07) is 4.61. The number of hydrogen-bond acceptors (Lipinski definition) is 4. The molecule has 0 saturated carbocycles. The van der Waals surface area contributed by atoms with Gasteiger partial charge in [0, 0.05) is 13.1 Å². The third-order valence-electron chi connectivity index (χ3n) is 3.40. The number of amides is 1. The third-order valence-corrected chi connectivity index (χ3v) is 4.86. The Bertz CT molecular complexity index is 642. The van der Waals surface area contributed by atoms with E-state index in [2.05, 4.69) is 23.9 Å². The maximum atomic E-state index is 12.1. The molecular formula is C17H28N2O4S. The normalized spacial score (nSPS) is 11.5. The number of sulfonamides is 1. The smallest absolute Gasteiger partial charge is 0.257 e. The van der Waals surface area contributed by atoms with Crippen molar-refractivity contribution in [1.82, 2.24) is 10.0 Å². The predicted molar refractivity (Wildman–Crippen MR) is 94.6 cm³/mol. The fraction of sp³-hybridized carbons (Fsp3) is 0.588. The van der Waals surface area contributed by atoms with Crippen LogP contribution in [0.5, 0.6) is 5.75 Å². The van der Waals surface area contributed by atoms with Crippen molar-refractivity contribution in [1.29, 1.82) is 0 Å². The minimum absolute atomic E-state index is 0.0842. The number of hydrogen-bond donors (Lipinski definition) is 2. The van der Waals surface area contributed by atoms with E-state index in [-0.39, 0.29) is 17.4 Å². The van der Waals surface area contributed by atoms with Gasteiger partial charge in [-0.2, -0.15) is 0 Å². The average Bonchev–Trinajstić information content (AvgIpc) is 2.51. The Labute approximate surface area is 145 Å². The lowest BCUT2D eigenvalue weighted by atomic mass is 10.1. The van der Waals surface area contributed by atoms with Gasteiger partial charge in [-0.15, -0.1) is 0 Å². The average molecular weight is 356 g/mol. The van der Waals surface area contributed by atoms with Crippen LogP contribution in [0.25, 0.3) is 0 Å². The first-order valence-electron chi connectivity index (χ1n) is 8.26. The molecule has 0 bridgehead atoms. The summed E-state index contributed by atoms with van der Waals surface area (Å²) in [7, 11) is -3.50. The van der Waals surface area contributed by atoms with Crippen LogP contribution in [0.1, 0.15) is 39.2 Å². The maximum absolute atomic E-state index is 12.1. The zero-order valence-corrected chi connectivity index (χ0v) is 15.7. The second kappa shape index (κ2) is 9.64. The van der Waals surface area contributed by atoms with Crippen LogP contribution in [0.2, 0.25) is 0 Å². The molecule has 0 radical (unpaired) electrons. The van der Waals surface area contributed by atoms with E-state index >= 15 is 0 Å². The Morgan fingerprint density at radius 2 is 1.96 bits per heavy atom. The minimum Gasteiger partial charge on any atom is -0.484 e. The van der Waals surface area contributed by atoms with E-state index in [0.29, 0.717) is 30.3 Å². The summed E-state index contributed by atoms with van der Waals surface area (Å²) in [4.78, 5) is 11.9. The van der Waals surface area contributed by atoms with Crippen molar-refractivity contribution in [3.8, 4) is 5.75 Å². The fourth-order valence-electron chi connectivity index (χ4n) is 1.97. The van der Waals surface area contributed by atoms with Crippen molar-refractivity contribution < 1.29 is 17.9 Å². The van der Waals surface area contributed by atoms with Gasteiger partial charge in [0.15, 0.2) is 6.61 Å². The number of carbonyl (C=O) groups is 1. The molecule has 0 aliphatic carbocycles. The molecule has 0 aliphatic rings. The molecule has 0 unspecified atom stereocenters. The highest BCUT2D eigenvalue weighted by atomic mass is 32.2. The first kappa shape index (κ1) is 20.4. The largest absolute Gasteiger partial charge is 0.484 e. The number of carbonyl (C=O) groups excluding carboxylic acids is 1. The van der Waals surface area contributed by atoms with Gasteiger partial charge < -0.3 is 10.1 Å². The zero-order valence-electron chi connectivity index (χ0n) is 14.9. The Morgan fingerprint density at radius 3 is 2.54 bits per heavy atom. The van der Waals surface area contributed by atoms with Gasteiger partial charge in [-0.25, -0.2) is 13.1 Å². The summed E-state index contributed by atoms with van der Waals surface area (Å²) >= 11 is 0. The van der Waals surface area contributed by atoms with Crippen molar-refractivity contribution in [3.05, 3.63) is 23.8 Å². The van der Waals surface area contributed by atoms with Gasteiger partial charge in [-0.3, -0.25) is 4.79 Å². The van der Waals surface area contributed by atoms with Gasteiger partial charge in [-0.05, 0) is 49.4 Å². The van der Waals surface area contributed by atoms with Crippen LogP contribution in [0.3, 0.4) is 0 Å². The van der Waals surface area contributed by atoms with E-state index in [1.807, 2.05) is 6.92 Å². The summed E-state index contributed by atoms with van der Waals surface area (Å²) in [6.45, 7) is 8.78. The van der Waals surface area contributed by atoms with E-state index in [1.54, 1.807) is 19.1 Å². The fourth-order valence-corrected chi connectivity index (χ4v) is 3.18. The third kappa shape index (κ3) is 6.88. The Hall–Kier alpha value is -1.60. The van der Waals surface area contributed by atoms with Crippen LogP contribution in [0.4, 0.5) is 0 Å². The highest BCUT2D eigenvalue weighted by molar-refractivity contribution is 7.89. The topological polar surface area (TPSA) is 84.5 Å². The van der Waals surface area contributed by atoms with Crippen LogP contribution >= 0.6 is 0 Å². The molecular weight excluding hydrogens is 328 g/mol. The monoisotopic (exact) mass is 356 g/mol. The quantitative estimate of drug-likeness (QED) is 0.673. The van der Waals surface area contributed by atoms with Gasteiger partial charge in [0.2, 0.25) is 10.0 Å². The molecule has 0 spiro atoms. The summed E-state index contributed by atoms with van der Waals surface area (Å²) in [5, 5.41) is 2.79. The molecule has 0 heterocycles. The first-order valence-corrected chi connectivity index (χ1v) is 9.74. The lowest BCUT2D eigenvalue weighted by Gasteiger charge is -2.12. The predicted octanol–water partition coefficient (Wildman–Crippen LogP) is 2.22. The van der Waals surface area contributed by atoms with E-state index < -0.39 is 10.0 Å². The van der Waals surface area contributed by atoms with Crippen molar-refractivity contribution in [2.24, 2.45) is 5.92 Å². The van der Waals surface area contributed by atoms with Gasteiger partial charge in [-0.1, -0.05) is 20.8 Å². The number of benzene rings is 1. The second-order valence-electron chi connectivity index (χ2n) is 6.15. The Morgan fingerprint density at radius 1 is 1.25 bits per heavy atom. The summed E-state index contributed by atoms with van der Waals surface area (Å²) in [5.41, 5.74) is 0.671. The Balaban J connectivity index is 2.61. The number of ether oxygens (including phenoxy) is 1. The molecule has 6 nitrogen and oxygen atoms in total. The van der Waals surface area contributed by atoms with E-state index in [1.165, 1.54) is 6.07 Å². The number of rotatable bonds is 10. The molecule has 1 amide bonds. The van der Waals surface area contributed by atoms with Gasteiger partial charge in [0.25, 0.3) is 5.91 Å². The standard InChI is InChI=1S/C17H28N2O4S/c1-5-9-19-24(21,22)15-6-7-16(14(4)11-15)23-12-17(20)18-10-8-13(2)3/h6-7,11,13,19H,5,8-10,12H2,1-4H3,(H,18,20). The molecule has 0 fully saturated rings. The van der Waals surface area contributed by atoms with Crippen LogP contribution in [-0.4, -0.2) is 34.0 Å². The highest BCUT2D eigenvalue weighted by Gasteiger charge is 2.15. The highest BCUT2D eigenvalue weighted by Crippen LogP contribution is 2.21. The molecule has 24 heavy (non-hydrogen) atoms. The van der Waals surface area contributed by atoms with E-state index in [4.69, 9.17) is 4.74 Å². The maximum Gasteiger partial charge on any atom is 0.257 e. The van der Waals surface area contributed by atoms with Crippen LogP contribution in [0, 0.1) is 12.8 Å². The zero-order chi connectivity index (χ0) is 18.2. The lowest BCUT2D eigenvalue weighted by Crippen LogP contribution is -2.30. The first-order chi connectivity index (χ1) is 11.3. The molecule has 0 aromatic heterocycles. The van der Waals surface area contributed by atoms with Crippen molar-refractivity contribution in [2.75, 3.05) is 19.7 Å². The van der Waals surface area contributed by atoms with Crippen molar-refractivity contribution in [2.45, 2.75) is 45.4 Å². The van der Waals surface area contributed by atoms with Crippen LogP contribution < -0.4 is 14.8 Å². The SMILES string of the molecule is CCCNS(=O)(=O)c1ccc(OCC(=O)NCCC(C)C)c(C)c1. The molecule has 0 atom stereocenters. The van der Waals surface area contributed by atoms with Crippen molar-refractivity contribution in [3.63, 3.8) is 0 Å². The summed E-state index contributed by atoms with van der Waals surface area (Å²) in [6.07, 6.45) is 1.65.